The second-order valence-corrected chi connectivity index (χ2v) is 7.00. The summed E-state index contributed by atoms with van der Waals surface area (Å²) in [7, 11) is 0. The van der Waals surface area contributed by atoms with Crippen molar-refractivity contribution >= 4 is 23.5 Å². The summed E-state index contributed by atoms with van der Waals surface area (Å²) >= 11 is 6.03. The lowest BCUT2D eigenvalue weighted by atomic mass is 10.1. The van der Waals surface area contributed by atoms with Crippen LogP contribution in [0.1, 0.15) is 28.4 Å². The largest absolute Gasteiger partial charge is 0.493 e. The Morgan fingerprint density at radius 2 is 1.90 bits per heavy atom. The summed E-state index contributed by atoms with van der Waals surface area (Å²) < 4.78 is 30.3. The molecule has 1 aliphatic heterocycles. The standard InChI is InChI=1S/C24H18ClFO4/c1-2-28-21-6-4-3-5-15(21)11-23-24(27)19-10-9-18(13-22(19)30-23)29-14-16-7-8-17(26)12-20(16)25/h3-13H,2,14H2,1H3. The fourth-order valence-electron chi connectivity index (χ4n) is 3.08. The third-order valence-electron chi connectivity index (χ3n) is 4.56. The summed E-state index contributed by atoms with van der Waals surface area (Å²) in [6.45, 7) is 2.59. The van der Waals surface area contributed by atoms with E-state index in [1.165, 1.54) is 12.1 Å². The Labute approximate surface area is 178 Å². The van der Waals surface area contributed by atoms with Gasteiger partial charge >= 0.3 is 0 Å². The first-order valence-electron chi connectivity index (χ1n) is 9.42. The molecule has 4 rings (SSSR count). The van der Waals surface area contributed by atoms with Crippen molar-refractivity contribution in [2.24, 2.45) is 0 Å². The number of ether oxygens (including phenoxy) is 3. The zero-order valence-electron chi connectivity index (χ0n) is 16.2. The van der Waals surface area contributed by atoms with Gasteiger partial charge in [0.15, 0.2) is 5.76 Å². The van der Waals surface area contributed by atoms with Gasteiger partial charge in [0, 0.05) is 17.2 Å². The second kappa shape index (κ2) is 8.59. The Morgan fingerprint density at radius 3 is 2.70 bits per heavy atom. The SMILES string of the molecule is CCOc1ccccc1C=C1Oc2cc(OCc3ccc(F)cc3Cl)ccc2C1=O. The van der Waals surface area contributed by atoms with Crippen LogP contribution in [-0.2, 0) is 6.61 Å². The predicted molar refractivity (Wildman–Crippen MR) is 113 cm³/mol. The molecule has 0 spiro atoms. The van der Waals surface area contributed by atoms with Crippen molar-refractivity contribution in [3.63, 3.8) is 0 Å². The van der Waals surface area contributed by atoms with Crippen LogP contribution >= 0.6 is 11.6 Å². The smallest absolute Gasteiger partial charge is 0.231 e. The Morgan fingerprint density at radius 1 is 1.07 bits per heavy atom. The molecule has 0 amide bonds. The number of benzene rings is 3. The van der Waals surface area contributed by atoms with Crippen molar-refractivity contribution in [2.75, 3.05) is 6.61 Å². The zero-order chi connectivity index (χ0) is 21.1. The quantitative estimate of drug-likeness (QED) is 0.450. The molecule has 6 heteroatoms. The van der Waals surface area contributed by atoms with Gasteiger partial charge in [-0.25, -0.2) is 4.39 Å². The molecule has 0 saturated heterocycles. The van der Waals surface area contributed by atoms with Gasteiger partial charge in [-0.15, -0.1) is 0 Å². The van der Waals surface area contributed by atoms with Gasteiger partial charge in [0.1, 0.15) is 29.7 Å². The van der Waals surface area contributed by atoms with Crippen molar-refractivity contribution < 1.29 is 23.4 Å². The van der Waals surface area contributed by atoms with Gasteiger partial charge in [-0.2, -0.15) is 0 Å². The van der Waals surface area contributed by atoms with Crippen LogP contribution in [0, 0.1) is 5.82 Å². The van der Waals surface area contributed by atoms with E-state index in [-0.39, 0.29) is 18.1 Å². The van der Waals surface area contributed by atoms with Crippen LogP contribution in [0.15, 0.2) is 66.4 Å². The molecule has 0 aliphatic carbocycles. The van der Waals surface area contributed by atoms with E-state index >= 15 is 0 Å². The van der Waals surface area contributed by atoms with E-state index in [9.17, 15) is 9.18 Å². The average Bonchev–Trinajstić information content (AvgIpc) is 3.04. The van der Waals surface area contributed by atoms with Gasteiger partial charge in [-0.1, -0.05) is 35.9 Å². The van der Waals surface area contributed by atoms with E-state index < -0.39 is 5.82 Å². The van der Waals surface area contributed by atoms with Gasteiger partial charge in [-0.3, -0.25) is 4.79 Å². The second-order valence-electron chi connectivity index (χ2n) is 6.59. The Bertz CT molecular complexity index is 1140. The number of halogens is 2. The van der Waals surface area contributed by atoms with Crippen LogP contribution in [0.5, 0.6) is 17.2 Å². The molecule has 0 atom stereocenters. The van der Waals surface area contributed by atoms with Gasteiger partial charge in [0.05, 0.1) is 17.2 Å². The fourth-order valence-corrected chi connectivity index (χ4v) is 3.31. The molecule has 0 radical (unpaired) electrons. The van der Waals surface area contributed by atoms with Crippen molar-refractivity contribution in [1.82, 2.24) is 0 Å². The molecule has 4 nitrogen and oxygen atoms in total. The van der Waals surface area contributed by atoms with Crippen LogP contribution in [-0.4, -0.2) is 12.4 Å². The van der Waals surface area contributed by atoms with Gasteiger partial charge in [-0.05, 0) is 43.3 Å². The first-order chi connectivity index (χ1) is 14.5. The van der Waals surface area contributed by atoms with E-state index in [1.54, 1.807) is 30.3 Å². The maximum absolute atomic E-state index is 13.2. The summed E-state index contributed by atoms with van der Waals surface area (Å²) in [5, 5.41) is 0.292. The molecule has 0 fully saturated rings. The Hall–Kier alpha value is -3.31. The van der Waals surface area contributed by atoms with Crippen LogP contribution in [0.4, 0.5) is 4.39 Å². The average molecular weight is 425 g/mol. The lowest BCUT2D eigenvalue weighted by Crippen LogP contribution is -1.99. The number of carbonyl (C=O) groups is 1. The number of allylic oxidation sites excluding steroid dienone is 1. The van der Waals surface area contributed by atoms with Crippen molar-refractivity contribution in [3.05, 3.63) is 94.0 Å². The molecule has 0 unspecified atom stereocenters. The number of para-hydroxylation sites is 1. The lowest BCUT2D eigenvalue weighted by Gasteiger charge is -2.09. The summed E-state index contributed by atoms with van der Waals surface area (Å²) in [6.07, 6.45) is 1.67. The number of rotatable bonds is 6. The van der Waals surface area contributed by atoms with E-state index in [0.717, 1.165) is 5.56 Å². The predicted octanol–water partition coefficient (Wildman–Crippen LogP) is 6.07. The van der Waals surface area contributed by atoms with Crippen molar-refractivity contribution in [3.8, 4) is 17.2 Å². The number of fused-ring (bicyclic) bond motifs is 1. The lowest BCUT2D eigenvalue weighted by molar-refractivity contribution is 0.101. The molecule has 3 aromatic carbocycles. The van der Waals surface area contributed by atoms with E-state index in [1.807, 2.05) is 31.2 Å². The molecular weight excluding hydrogens is 407 g/mol. The van der Waals surface area contributed by atoms with E-state index in [2.05, 4.69) is 0 Å². The van der Waals surface area contributed by atoms with E-state index in [0.29, 0.717) is 40.0 Å². The Balaban J connectivity index is 1.53. The highest BCUT2D eigenvalue weighted by molar-refractivity contribution is 6.31. The minimum Gasteiger partial charge on any atom is -0.493 e. The molecule has 0 saturated carbocycles. The third-order valence-corrected chi connectivity index (χ3v) is 4.91. The zero-order valence-corrected chi connectivity index (χ0v) is 16.9. The third kappa shape index (κ3) is 4.16. The molecule has 0 bridgehead atoms. The summed E-state index contributed by atoms with van der Waals surface area (Å²) in [5.74, 6) is 1.22. The van der Waals surface area contributed by atoms with E-state index in [4.69, 9.17) is 25.8 Å². The number of Topliss-reactive ketones (excluding diaryl/α,β-unsaturated/α-hetero) is 1. The topological polar surface area (TPSA) is 44.8 Å². The van der Waals surface area contributed by atoms with Gasteiger partial charge in [0.25, 0.3) is 0 Å². The van der Waals surface area contributed by atoms with Crippen molar-refractivity contribution in [2.45, 2.75) is 13.5 Å². The number of hydrogen-bond acceptors (Lipinski definition) is 4. The molecule has 0 N–H and O–H groups in total. The maximum Gasteiger partial charge on any atom is 0.231 e. The normalized spacial score (nSPS) is 13.8. The molecule has 1 heterocycles. The summed E-state index contributed by atoms with van der Waals surface area (Å²) in [5.41, 5.74) is 1.88. The maximum atomic E-state index is 13.2. The number of carbonyl (C=O) groups excluding carboxylic acids is 1. The first-order valence-corrected chi connectivity index (χ1v) is 9.80. The summed E-state index contributed by atoms with van der Waals surface area (Å²) in [4.78, 5) is 12.7. The molecule has 0 aromatic heterocycles. The van der Waals surface area contributed by atoms with Crippen LogP contribution < -0.4 is 14.2 Å². The monoisotopic (exact) mass is 424 g/mol. The minimum atomic E-state index is -0.404. The van der Waals surface area contributed by atoms with Gasteiger partial charge < -0.3 is 14.2 Å². The molecular formula is C24H18ClFO4. The van der Waals surface area contributed by atoms with Crippen molar-refractivity contribution in [1.29, 1.82) is 0 Å². The molecule has 30 heavy (non-hydrogen) atoms. The highest BCUT2D eigenvalue weighted by atomic mass is 35.5. The first kappa shape index (κ1) is 20.0. The molecule has 3 aromatic rings. The Kier molecular flexibility index (Phi) is 5.72. The molecule has 1 aliphatic rings. The fraction of sp³-hybridized carbons (Fsp3) is 0.125. The van der Waals surface area contributed by atoms with Crippen LogP contribution in [0.25, 0.3) is 6.08 Å². The highest BCUT2D eigenvalue weighted by Gasteiger charge is 2.28. The summed E-state index contributed by atoms with van der Waals surface area (Å²) in [6, 6.07) is 16.6. The van der Waals surface area contributed by atoms with Gasteiger partial charge in [0.2, 0.25) is 5.78 Å². The molecule has 152 valence electrons. The highest BCUT2D eigenvalue weighted by Crippen LogP contribution is 2.36. The minimum absolute atomic E-state index is 0.163. The number of ketones is 1. The van der Waals surface area contributed by atoms with Crippen LogP contribution in [0.3, 0.4) is 0 Å². The number of hydrogen-bond donors (Lipinski definition) is 0. The van der Waals surface area contributed by atoms with Crippen LogP contribution in [0.2, 0.25) is 5.02 Å².